The highest BCUT2D eigenvalue weighted by Crippen LogP contribution is 2.15. The Hall–Kier alpha value is -2.24. The largest absolute Gasteiger partial charge is 0.368 e. The van der Waals surface area contributed by atoms with Crippen molar-refractivity contribution in [3.8, 4) is 0 Å². The summed E-state index contributed by atoms with van der Waals surface area (Å²) in [7, 11) is 1.76. The summed E-state index contributed by atoms with van der Waals surface area (Å²) in [6.45, 7) is 10.4. The maximum Gasteiger partial charge on any atom is 0.224 e. The standard InChI is InChI=1S/C20H33N5O/c1-16(2)17(3)23-20(21-4)22-11-10-19(26)25-14-12-24(13-15-25)18-8-6-5-7-9-18/h5-9,16-17H,10-15H2,1-4H3,(H2,21,22,23). The number of hydrogen-bond donors (Lipinski definition) is 2. The van der Waals surface area contributed by atoms with Crippen molar-refractivity contribution in [2.24, 2.45) is 10.9 Å². The van der Waals surface area contributed by atoms with E-state index in [1.54, 1.807) is 7.05 Å². The van der Waals surface area contributed by atoms with Crippen molar-refractivity contribution in [3.05, 3.63) is 30.3 Å². The lowest BCUT2D eigenvalue weighted by Gasteiger charge is -2.36. The lowest BCUT2D eigenvalue weighted by molar-refractivity contribution is -0.131. The second kappa shape index (κ2) is 10.0. The summed E-state index contributed by atoms with van der Waals surface area (Å²) in [5.41, 5.74) is 1.23. The topological polar surface area (TPSA) is 60.0 Å². The summed E-state index contributed by atoms with van der Waals surface area (Å²) < 4.78 is 0. The first-order valence-corrected chi connectivity index (χ1v) is 9.56. The molecule has 0 radical (unpaired) electrons. The van der Waals surface area contributed by atoms with Crippen LogP contribution in [0.15, 0.2) is 35.3 Å². The number of nitrogens with one attached hydrogen (secondary N) is 2. The molecule has 0 spiro atoms. The van der Waals surface area contributed by atoms with E-state index < -0.39 is 0 Å². The van der Waals surface area contributed by atoms with Gasteiger partial charge >= 0.3 is 0 Å². The highest BCUT2D eigenvalue weighted by atomic mass is 16.2. The van der Waals surface area contributed by atoms with E-state index in [0.29, 0.717) is 24.9 Å². The molecule has 2 N–H and O–H groups in total. The van der Waals surface area contributed by atoms with Gasteiger partial charge in [-0.2, -0.15) is 0 Å². The van der Waals surface area contributed by atoms with E-state index in [0.717, 1.165) is 32.1 Å². The van der Waals surface area contributed by atoms with Crippen molar-refractivity contribution in [2.75, 3.05) is 44.7 Å². The Balaban J connectivity index is 1.70. The number of para-hydroxylation sites is 1. The van der Waals surface area contributed by atoms with Gasteiger partial charge in [0.1, 0.15) is 0 Å². The van der Waals surface area contributed by atoms with Crippen LogP contribution < -0.4 is 15.5 Å². The molecule has 1 aliphatic heterocycles. The zero-order valence-corrected chi connectivity index (χ0v) is 16.5. The monoisotopic (exact) mass is 359 g/mol. The molecule has 144 valence electrons. The van der Waals surface area contributed by atoms with Crippen molar-refractivity contribution in [1.82, 2.24) is 15.5 Å². The van der Waals surface area contributed by atoms with Crippen molar-refractivity contribution in [2.45, 2.75) is 33.2 Å². The predicted molar refractivity (Wildman–Crippen MR) is 109 cm³/mol. The van der Waals surface area contributed by atoms with Crippen LogP contribution in [0.25, 0.3) is 0 Å². The molecular formula is C20H33N5O. The highest BCUT2D eigenvalue weighted by molar-refractivity contribution is 5.81. The van der Waals surface area contributed by atoms with Crippen LogP contribution in [0.1, 0.15) is 27.2 Å². The maximum absolute atomic E-state index is 12.4. The number of nitrogens with zero attached hydrogens (tertiary/aromatic N) is 3. The molecule has 1 unspecified atom stereocenters. The first-order chi connectivity index (χ1) is 12.5. The number of guanidine groups is 1. The Morgan fingerprint density at radius 1 is 1.12 bits per heavy atom. The predicted octanol–water partition coefficient (Wildman–Crippen LogP) is 1.93. The Bertz CT molecular complexity index is 579. The Morgan fingerprint density at radius 2 is 1.77 bits per heavy atom. The first-order valence-electron chi connectivity index (χ1n) is 9.56. The fraction of sp³-hybridized carbons (Fsp3) is 0.600. The molecule has 1 aromatic carbocycles. The molecule has 1 atom stereocenters. The van der Waals surface area contributed by atoms with Crippen LogP contribution in [0.2, 0.25) is 0 Å². The molecule has 1 aliphatic rings. The van der Waals surface area contributed by atoms with Gasteiger partial charge in [-0.1, -0.05) is 32.0 Å². The van der Waals surface area contributed by atoms with Gasteiger partial charge in [-0.15, -0.1) is 0 Å². The average molecular weight is 360 g/mol. The molecule has 0 aliphatic carbocycles. The number of benzene rings is 1. The molecule has 0 aromatic heterocycles. The normalized spacial score (nSPS) is 16.6. The zero-order valence-electron chi connectivity index (χ0n) is 16.5. The van der Waals surface area contributed by atoms with Gasteiger partial charge in [0, 0.05) is 57.9 Å². The van der Waals surface area contributed by atoms with Crippen LogP contribution in [0.5, 0.6) is 0 Å². The SMILES string of the molecule is CN=C(NCCC(=O)N1CCN(c2ccccc2)CC1)NC(C)C(C)C. The van der Waals surface area contributed by atoms with Crippen LogP contribution in [0, 0.1) is 5.92 Å². The molecule has 1 heterocycles. The quantitative estimate of drug-likeness (QED) is 0.602. The van der Waals surface area contributed by atoms with E-state index in [1.165, 1.54) is 5.69 Å². The minimum absolute atomic E-state index is 0.206. The second-order valence-electron chi connectivity index (χ2n) is 7.13. The third-order valence-electron chi connectivity index (χ3n) is 4.97. The minimum atomic E-state index is 0.206. The fourth-order valence-corrected chi connectivity index (χ4v) is 2.88. The van der Waals surface area contributed by atoms with E-state index in [1.807, 2.05) is 11.0 Å². The van der Waals surface area contributed by atoms with Gasteiger partial charge in [-0.3, -0.25) is 9.79 Å². The molecule has 1 amide bonds. The number of aliphatic imine (C=N–C) groups is 1. The van der Waals surface area contributed by atoms with Gasteiger partial charge in [0.2, 0.25) is 5.91 Å². The van der Waals surface area contributed by atoms with Crippen molar-refractivity contribution in [3.63, 3.8) is 0 Å². The fourth-order valence-electron chi connectivity index (χ4n) is 2.88. The Labute approximate surface area is 157 Å². The average Bonchev–Trinajstić information content (AvgIpc) is 2.67. The second-order valence-corrected chi connectivity index (χ2v) is 7.13. The molecular weight excluding hydrogens is 326 g/mol. The van der Waals surface area contributed by atoms with Gasteiger partial charge in [-0.05, 0) is 25.0 Å². The van der Waals surface area contributed by atoms with Crippen LogP contribution >= 0.6 is 0 Å². The smallest absolute Gasteiger partial charge is 0.224 e. The van der Waals surface area contributed by atoms with Gasteiger partial charge in [0.05, 0.1) is 0 Å². The number of carbonyl (C=O) groups excluding carboxylic acids is 1. The highest BCUT2D eigenvalue weighted by Gasteiger charge is 2.21. The van der Waals surface area contributed by atoms with E-state index in [9.17, 15) is 4.79 Å². The van der Waals surface area contributed by atoms with Crippen LogP contribution in [0.3, 0.4) is 0 Å². The Kier molecular flexibility index (Phi) is 7.75. The summed E-state index contributed by atoms with van der Waals surface area (Å²) in [5.74, 6) is 1.49. The first kappa shape index (κ1) is 20.1. The van der Waals surface area contributed by atoms with Gasteiger partial charge in [-0.25, -0.2) is 0 Å². The number of piperazine rings is 1. The molecule has 6 nitrogen and oxygen atoms in total. The Morgan fingerprint density at radius 3 is 2.35 bits per heavy atom. The molecule has 2 rings (SSSR count). The molecule has 6 heteroatoms. The van der Waals surface area contributed by atoms with E-state index in [4.69, 9.17) is 0 Å². The van der Waals surface area contributed by atoms with Gasteiger partial charge in [0.15, 0.2) is 5.96 Å². The molecule has 26 heavy (non-hydrogen) atoms. The van der Waals surface area contributed by atoms with Gasteiger partial charge < -0.3 is 20.4 Å². The number of carbonyl (C=O) groups is 1. The van der Waals surface area contributed by atoms with E-state index in [-0.39, 0.29) is 5.91 Å². The summed E-state index contributed by atoms with van der Waals surface area (Å²) in [4.78, 5) is 21.0. The van der Waals surface area contributed by atoms with Crippen molar-refractivity contribution in [1.29, 1.82) is 0 Å². The number of amides is 1. The molecule has 1 saturated heterocycles. The summed E-state index contributed by atoms with van der Waals surface area (Å²) >= 11 is 0. The maximum atomic E-state index is 12.4. The number of anilines is 1. The number of hydrogen-bond acceptors (Lipinski definition) is 3. The summed E-state index contributed by atoms with van der Waals surface area (Å²) in [5, 5.41) is 6.59. The van der Waals surface area contributed by atoms with E-state index in [2.05, 4.69) is 65.6 Å². The number of rotatable bonds is 6. The lowest BCUT2D eigenvalue weighted by Crippen LogP contribution is -2.50. The molecule has 1 aromatic rings. The van der Waals surface area contributed by atoms with Crippen LogP contribution in [0.4, 0.5) is 5.69 Å². The van der Waals surface area contributed by atoms with E-state index >= 15 is 0 Å². The third-order valence-corrected chi connectivity index (χ3v) is 4.97. The third kappa shape index (κ3) is 5.93. The van der Waals surface area contributed by atoms with Gasteiger partial charge in [0.25, 0.3) is 0 Å². The molecule has 1 fully saturated rings. The summed E-state index contributed by atoms with van der Waals surface area (Å²) in [6, 6.07) is 10.7. The van der Waals surface area contributed by atoms with Crippen LogP contribution in [-0.4, -0.2) is 62.6 Å². The molecule has 0 bridgehead atoms. The van der Waals surface area contributed by atoms with Crippen molar-refractivity contribution < 1.29 is 4.79 Å². The minimum Gasteiger partial charge on any atom is -0.368 e. The lowest BCUT2D eigenvalue weighted by atomic mass is 10.1. The zero-order chi connectivity index (χ0) is 18.9. The van der Waals surface area contributed by atoms with Crippen LogP contribution in [-0.2, 0) is 4.79 Å². The molecule has 0 saturated carbocycles. The summed E-state index contributed by atoms with van der Waals surface area (Å²) in [6.07, 6.45) is 0.488. The van der Waals surface area contributed by atoms with Crippen molar-refractivity contribution >= 4 is 17.6 Å².